The molecular weight excluding hydrogens is 402 g/mol. The normalized spacial score (nSPS) is 9.92. The molecule has 0 unspecified atom stereocenters. The van der Waals surface area contributed by atoms with E-state index in [0.717, 1.165) is 34.4 Å². The van der Waals surface area contributed by atoms with Gasteiger partial charge in [0.15, 0.2) is 0 Å². The van der Waals surface area contributed by atoms with Gasteiger partial charge in [0, 0.05) is 35.5 Å². The summed E-state index contributed by atoms with van der Waals surface area (Å²) in [6.45, 7) is 8.71. The summed E-state index contributed by atoms with van der Waals surface area (Å²) < 4.78 is 1.00. The first kappa shape index (κ1) is 21.3. The van der Waals surface area contributed by atoms with Gasteiger partial charge in [-0.3, -0.25) is 0 Å². The fraction of sp³-hybridized carbons (Fsp3) is 0.316. The topological polar surface area (TPSA) is 44.4 Å². The van der Waals surface area contributed by atoms with Crippen LogP contribution in [0.25, 0.3) is 0 Å². The van der Waals surface area contributed by atoms with Gasteiger partial charge in [0.25, 0.3) is 0 Å². The van der Waals surface area contributed by atoms with Gasteiger partial charge in [-0.15, -0.1) is 0 Å². The van der Waals surface area contributed by atoms with Crippen LogP contribution in [-0.2, 0) is 6.54 Å². The van der Waals surface area contributed by atoms with Crippen molar-refractivity contribution in [2.24, 2.45) is 0 Å². The molecule has 0 aliphatic rings. The molecule has 0 atom stereocenters. The minimum atomic E-state index is -0.200. The highest BCUT2D eigenvalue weighted by Gasteiger charge is 2.07. The molecule has 6 heteroatoms. The number of urea groups is 1. The molecule has 0 spiro atoms. The molecule has 25 heavy (non-hydrogen) atoms. The zero-order valence-corrected chi connectivity index (χ0v) is 17.1. The highest BCUT2D eigenvalue weighted by atomic mass is 79.9. The second-order valence-corrected chi connectivity index (χ2v) is 6.52. The molecule has 2 aromatic rings. The Balaban J connectivity index is 0.00000312. The Kier molecular flexibility index (Phi) is 8.79. The van der Waals surface area contributed by atoms with Crippen LogP contribution >= 0.6 is 15.9 Å². The molecule has 136 valence electrons. The Hall–Kier alpha value is -1.72. The molecule has 0 fully saturated rings. The van der Waals surface area contributed by atoms with Crippen molar-refractivity contribution in [1.82, 2.24) is 5.32 Å². The van der Waals surface area contributed by atoms with E-state index in [0.29, 0.717) is 6.54 Å². The molecule has 0 aliphatic heterocycles. The van der Waals surface area contributed by atoms with E-state index in [1.807, 2.05) is 43.3 Å². The monoisotopic (exact) mass is 424 g/mol. The molecule has 0 bridgehead atoms. The molecule has 2 rings (SSSR count). The Morgan fingerprint density at radius 1 is 1.12 bits per heavy atom. The first-order chi connectivity index (χ1) is 11.5. The number of halogens is 2. The van der Waals surface area contributed by atoms with E-state index in [1.54, 1.807) is 0 Å². The Morgan fingerprint density at radius 2 is 1.84 bits per heavy atom. The second kappa shape index (κ2) is 10.3. The number of nitrogens with zero attached hydrogens (tertiary/aromatic N) is 1. The summed E-state index contributed by atoms with van der Waals surface area (Å²) in [6, 6.07) is 13.8. The van der Waals surface area contributed by atoms with Crippen LogP contribution in [0.4, 0.5) is 16.2 Å². The van der Waals surface area contributed by atoms with Gasteiger partial charge < -0.3 is 27.9 Å². The van der Waals surface area contributed by atoms with Gasteiger partial charge in [0.2, 0.25) is 0 Å². The molecule has 4 nitrogen and oxygen atoms in total. The summed E-state index contributed by atoms with van der Waals surface area (Å²) in [6.07, 6.45) is 0. The lowest BCUT2D eigenvalue weighted by molar-refractivity contribution is -0.00000798. The van der Waals surface area contributed by atoms with Crippen LogP contribution in [-0.4, -0.2) is 19.1 Å². The Labute approximate surface area is 164 Å². The highest BCUT2D eigenvalue weighted by Crippen LogP contribution is 2.22. The maximum Gasteiger partial charge on any atom is 0.319 e. The number of aryl methyl sites for hydroxylation is 1. The third kappa shape index (κ3) is 6.25. The van der Waals surface area contributed by atoms with Crippen LogP contribution in [0.5, 0.6) is 0 Å². The van der Waals surface area contributed by atoms with Gasteiger partial charge in [0.05, 0.1) is 0 Å². The molecule has 0 saturated heterocycles. The number of rotatable bonds is 6. The van der Waals surface area contributed by atoms with Crippen molar-refractivity contribution < 1.29 is 17.2 Å². The number of amides is 2. The minimum absolute atomic E-state index is 0. The molecule has 0 aliphatic carbocycles. The fourth-order valence-corrected chi connectivity index (χ4v) is 3.02. The first-order valence-electron chi connectivity index (χ1n) is 8.18. The predicted octanol–water partition coefficient (Wildman–Crippen LogP) is 1.93. The zero-order chi connectivity index (χ0) is 17.5. The van der Waals surface area contributed by atoms with Crippen LogP contribution < -0.4 is 27.9 Å². The van der Waals surface area contributed by atoms with E-state index >= 15 is 0 Å². The van der Waals surface area contributed by atoms with Gasteiger partial charge in [-0.25, -0.2) is 4.79 Å². The molecule has 2 aromatic carbocycles. The Morgan fingerprint density at radius 3 is 2.44 bits per heavy atom. The molecule has 0 heterocycles. The molecule has 2 N–H and O–H groups in total. The lowest BCUT2D eigenvalue weighted by atomic mass is 10.1. The van der Waals surface area contributed by atoms with Crippen molar-refractivity contribution in [1.29, 1.82) is 0 Å². The molecular formula is C19H24BrClN3O-. The highest BCUT2D eigenvalue weighted by molar-refractivity contribution is 9.10. The number of benzene rings is 2. The van der Waals surface area contributed by atoms with Crippen LogP contribution in [0, 0.1) is 6.92 Å². The van der Waals surface area contributed by atoms with E-state index < -0.39 is 0 Å². The molecule has 0 radical (unpaired) electrons. The third-order valence-corrected chi connectivity index (χ3v) is 4.42. The summed E-state index contributed by atoms with van der Waals surface area (Å²) >= 11 is 3.43. The molecule has 0 aromatic heterocycles. The number of nitrogens with one attached hydrogen (secondary N) is 2. The van der Waals surface area contributed by atoms with Crippen LogP contribution in [0.3, 0.4) is 0 Å². The minimum Gasteiger partial charge on any atom is -1.00 e. The molecule has 2 amide bonds. The smallest absolute Gasteiger partial charge is 0.319 e. The van der Waals surface area contributed by atoms with E-state index in [-0.39, 0.29) is 18.4 Å². The average molecular weight is 426 g/mol. The predicted molar refractivity (Wildman–Crippen MR) is 105 cm³/mol. The van der Waals surface area contributed by atoms with Crippen molar-refractivity contribution in [2.45, 2.75) is 27.3 Å². The number of hydrogen-bond donors (Lipinski definition) is 2. The number of anilines is 2. The zero-order valence-electron chi connectivity index (χ0n) is 14.8. The van der Waals surface area contributed by atoms with Gasteiger partial charge in [-0.05, 0) is 62.2 Å². The van der Waals surface area contributed by atoms with Crippen LogP contribution in [0.15, 0.2) is 46.9 Å². The Bertz CT molecular complexity index is 705. The van der Waals surface area contributed by atoms with Crippen LogP contribution in [0.2, 0.25) is 0 Å². The van der Waals surface area contributed by atoms with Crippen molar-refractivity contribution in [2.75, 3.05) is 23.3 Å². The van der Waals surface area contributed by atoms with Gasteiger partial charge in [-0.1, -0.05) is 28.1 Å². The van der Waals surface area contributed by atoms with Crippen molar-refractivity contribution in [3.8, 4) is 0 Å². The van der Waals surface area contributed by atoms with Crippen molar-refractivity contribution >= 4 is 33.3 Å². The van der Waals surface area contributed by atoms with Gasteiger partial charge in [-0.2, -0.15) is 0 Å². The van der Waals surface area contributed by atoms with E-state index in [9.17, 15) is 4.79 Å². The van der Waals surface area contributed by atoms with Gasteiger partial charge in [0.1, 0.15) is 0 Å². The van der Waals surface area contributed by atoms with Gasteiger partial charge >= 0.3 is 6.03 Å². The second-order valence-electron chi connectivity index (χ2n) is 5.61. The lowest BCUT2D eigenvalue weighted by Crippen LogP contribution is -3.00. The summed E-state index contributed by atoms with van der Waals surface area (Å²) in [5, 5.41) is 5.80. The van der Waals surface area contributed by atoms with Crippen molar-refractivity contribution in [3.63, 3.8) is 0 Å². The number of carbonyl (C=O) groups excluding carboxylic acids is 1. The average Bonchev–Trinajstić information content (AvgIpc) is 2.56. The summed E-state index contributed by atoms with van der Waals surface area (Å²) in [4.78, 5) is 14.4. The quantitative estimate of drug-likeness (QED) is 0.743. The van der Waals surface area contributed by atoms with E-state index in [1.165, 1.54) is 5.69 Å². The standard InChI is InChI=1S/C19H24BrN3O.ClH/c1-4-23(5-2)17-9-10-18(14(3)11-17)22-19(24)21-13-15-7-6-8-16(20)12-15;/h6-12H,4-5,13H2,1-3H3,(H2,21,22,24);1H/p-1. The number of carbonyl (C=O) groups is 1. The largest absolute Gasteiger partial charge is 1.00 e. The van der Waals surface area contributed by atoms with E-state index in [2.05, 4.69) is 51.4 Å². The maximum absolute atomic E-state index is 12.1. The fourth-order valence-electron chi connectivity index (χ4n) is 2.57. The summed E-state index contributed by atoms with van der Waals surface area (Å²) in [5.41, 5.74) is 4.11. The summed E-state index contributed by atoms with van der Waals surface area (Å²) in [5.74, 6) is 0. The number of hydrogen-bond acceptors (Lipinski definition) is 2. The first-order valence-corrected chi connectivity index (χ1v) is 8.97. The third-order valence-electron chi connectivity index (χ3n) is 3.93. The molecule has 0 saturated carbocycles. The SMILES string of the molecule is CCN(CC)c1ccc(NC(=O)NCc2cccc(Br)c2)c(C)c1.[Cl-]. The van der Waals surface area contributed by atoms with Crippen LogP contribution in [0.1, 0.15) is 25.0 Å². The summed E-state index contributed by atoms with van der Waals surface area (Å²) in [7, 11) is 0. The van der Waals surface area contributed by atoms with E-state index in [4.69, 9.17) is 0 Å². The lowest BCUT2D eigenvalue weighted by Gasteiger charge is -2.22. The van der Waals surface area contributed by atoms with Crippen molar-refractivity contribution in [3.05, 3.63) is 58.1 Å². The maximum atomic E-state index is 12.1.